The van der Waals surface area contributed by atoms with Gasteiger partial charge in [0.25, 0.3) is 5.91 Å². The zero-order chi connectivity index (χ0) is 19.0. The molecule has 1 aliphatic heterocycles. The van der Waals surface area contributed by atoms with Gasteiger partial charge in [0.2, 0.25) is 0 Å². The van der Waals surface area contributed by atoms with Crippen LogP contribution in [0.25, 0.3) is 10.9 Å². The van der Waals surface area contributed by atoms with Gasteiger partial charge < -0.3 is 14.2 Å². The molecular formula is C22H23FN2O2. The van der Waals surface area contributed by atoms with Crippen LogP contribution in [0.3, 0.4) is 0 Å². The fraction of sp³-hybridized carbons (Fsp3) is 0.318. The summed E-state index contributed by atoms with van der Waals surface area (Å²) in [5, 5.41) is 1.01. The maximum atomic E-state index is 13.4. The number of carbonyl (C=O) groups is 1. The first-order valence-corrected chi connectivity index (χ1v) is 9.28. The number of aryl methyl sites for hydroxylation is 1. The predicted octanol–water partition coefficient (Wildman–Crippen LogP) is 4.69. The molecule has 1 fully saturated rings. The average molecular weight is 366 g/mol. The molecule has 0 N–H and O–H groups in total. The Bertz CT molecular complexity index is 978. The average Bonchev–Trinajstić information content (AvgIpc) is 3.04. The van der Waals surface area contributed by atoms with E-state index in [9.17, 15) is 9.18 Å². The lowest BCUT2D eigenvalue weighted by Crippen LogP contribution is -2.39. The minimum absolute atomic E-state index is 0.0144. The topological polar surface area (TPSA) is 34.5 Å². The lowest BCUT2D eigenvalue weighted by Gasteiger charge is -2.36. The van der Waals surface area contributed by atoms with E-state index in [0.717, 1.165) is 41.5 Å². The fourth-order valence-electron chi connectivity index (χ4n) is 4.00. The molecule has 0 saturated carbocycles. The number of benzene rings is 2. The third-order valence-corrected chi connectivity index (χ3v) is 5.49. The van der Waals surface area contributed by atoms with Crippen LogP contribution >= 0.6 is 0 Å². The molecule has 1 saturated heterocycles. The van der Waals surface area contributed by atoms with Crippen molar-refractivity contribution in [3.8, 4) is 5.75 Å². The number of likely N-dealkylation sites (tertiary alicyclic amines) is 1. The first-order chi connectivity index (χ1) is 13.1. The second kappa shape index (κ2) is 7.06. The third kappa shape index (κ3) is 3.18. The summed E-state index contributed by atoms with van der Waals surface area (Å²) in [6.07, 6.45) is 2.95. The zero-order valence-corrected chi connectivity index (χ0v) is 15.6. The molecule has 1 aromatic heterocycles. The van der Waals surface area contributed by atoms with E-state index >= 15 is 0 Å². The molecule has 2 aromatic carbocycles. The van der Waals surface area contributed by atoms with Crippen molar-refractivity contribution in [2.45, 2.75) is 25.3 Å². The Kier molecular flexibility index (Phi) is 4.60. The van der Waals surface area contributed by atoms with Gasteiger partial charge in [0.1, 0.15) is 17.3 Å². The van der Waals surface area contributed by atoms with Crippen molar-refractivity contribution in [3.63, 3.8) is 0 Å². The van der Waals surface area contributed by atoms with Crippen LogP contribution in [0.4, 0.5) is 4.39 Å². The number of methoxy groups -OCH3 is 1. The second-order valence-corrected chi connectivity index (χ2v) is 7.08. The number of halogens is 1. The van der Waals surface area contributed by atoms with E-state index in [4.69, 9.17) is 4.74 Å². The highest BCUT2D eigenvalue weighted by Crippen LogP contribution is 2.33. The molecular weight excluding hydrogens is 343 g/mol. The number of piperidine rings is 1. The summed E-state index contributed by atoms with van der Waals surface area (Å²) in [5.74, 6) is 0.529. The Labute approximate surface area is 158 Å². The lowest BCUT2D eigenvalue weighted by molar-refractivity contribution is 0.0602. The normalized spacial score (nSPS) is 17.3. The summed E-state index contributed by atoms with van der Waals surface area (Å²) >= 11 is 0. The number of fused-ring (bicyclic) bond motifs is 1. The van der Waals surface area contributed by atoms with Crippen LogP contribution in [0.5, 0.6) is 5.75 Å². The molecule has 0 spiro atoms. The zero-order valence-electron chi connectivity index (χ0n) is 15.6. The molecule has 5 heteroatoms. The highest BCUT2D eigenvalue weighted by Gasteiger charge is 2.30. The van der Waals surface area contributed by atoms with Crippen molar-refractivity contribution in [2.75, 3.05) is 13.7 Å². The van der Waals surface area contributed by atoms with Crippen molar-refractivity contribution in [2.24, 2.45) is 7.05 Å². The van der Waals surface area contributed by atoms with Gasteiger partial charge in [0.05, 0.1) is 18.7 Å². The van der Waals surface area contributed by atoms with Crippen LogP contribution in [-0.2, 0) is 7.05 Å². The largest absolute Gasteiger partial charge is 0.497 e. The Morgan fingerprint density at radius 1 is 1.11 bits per heavy atom. The van der Waals surface area contributed by atoms with Gasteiger partial charge in [0.15, 0.2) is 0 Å². The molecule has 1 amide bonds. The van der Waals surface area contributed by atoms with Crippen LogP contribution in [0.15, 0.2) is 48.5 Å². The lowest BCUT2D eigenvalue weighted by atomic mass is 9.95. The number of aromatic nitrogens is 1. The van der Waals surface area contributed by atoms with Crippen molar-refractivity contribution in [3.05, 3.63) is 65.6 Å². The number of rotatable bonds is 3. The van der Waals surface area contributed by atoms with Gasteiger partial charge in [-0.25, -0.2) is 4.39 Å². The van der Waals surface area contributed by atoms with E-state index in [1.54, 1.807) is 19.2 Å². The maximum absolute atomic E-state index is 13.4. The highest BCUT2D eigenvalue weighted by atomic mass is 19.1. The van der Waals surface area contributed by atoms with E-state index in [0.29, 0.717) is 12.2 Å². The van der Waals surface area contributed by atoms with Crippen LogP contribution in [0.2, 0.25) is 0 Å². The molecule has 4 rings (SSSR count). The Morgan fingerprint density at radius 2 is 1.89 bits per heavy atom. The van der Waals surface area contributed by atoms with Crippen molar-refractivity contribution >= 4 is 16.8 Å². The monoisotopic (exact) mass is 366 g/mol. The Balaban J connectivity index is 1.70. The molecule has 0 bridgehead atoms. The summed E-state index contributed by atoms with van der Waals surface area (Å²) in [6, 6.07) is 14.3. The molecule has 1 aliphatic rings. The molecule has 1 atom stereocenters. The van der Waals surface area contributed by atoms with Gasteiger partial charge in [-0.05, 0) is 55.2 Å². The summed E-state index contributed by atoms with van der Waals surface area (Å²) in [6.45, 7) is 0.714. The molecule has 0 radical (unpaired) electrons. The van der Waals surface area contributed by atoms with Crippen LogP contribution in [0.1, 0.15) is 41.4 Å². The number of nitrogens with zero attached hydrogens (tertiary/aromatic N) is 2. The van der Waals surface area contributed by atoms with E-state index in [1.807, 2.05) is 40.8 Å². The quantitative estimate of drug-likeness (QED) is 0.674. The molecule has 0 unspecified atom stereocenters. The molecule has 4 nitrogen and oxygen atoms in total. The standard InChI is InChI=1S/C22H23FN2O2/c1-24-20-14-18(27-2)11-8-16(20)13-21(24)22(26)25-12-4-3-5-19(25)15-6-9-17(23)10-7-15/h6-11,13-14,19H,3-5,12H2,1-2H3/t19-/m0/s1. The molecule has 27 heavy (non-hydrogen) atoms. The summed E-state index contributed by atoms with van der Waals surface area (Å²) in [7, 11) is 3.54. The van der Waals surface area contributed by atoms with Gasteiger partial charge in [-0.2, -0.15) is 0 Å². The minimum atomic E-state index is -0.255. The second-order valence-electron chi connectivity index (χ2n) is 7.08. The van der Waals surface area contributed by atoms with Gasteiger partial charge in [-0.3, -0.25) is 4.79 Å². The number of amides is 1. The van der Waals surface area contributed by atoms with Gasteiger partial charge in [-0.1, -0.05) is 12.1 Å². The third-order valence-electron chi connectivity index (χ3n) is 5.49. The maximum Gasteiger partial charge on any atom is 0.271 e. The SMILES string of the molecule is COc1ccc2cc(C(=O)N3CCCC[C@H]3c3ccc(F)cc3)n(C)c2c1. The minimum Gasteiger partial charge on any atom is -0.497 e. The van der Waals surface area contributed by atoms with Crippen molar-refractivity contribution in [1.29, 1.82) is 0 Å². The van der Waals surface area contributed by atoms with Gasteiger partial charge >= 0.3 is 0 Å². The fourth-order valence-corrected chi connectivity index (χ4v) is 4.00. The Morgan fingerprint density at radius 3 is 2.63 bits per heavy atom. The number of carbonyl (C=O) groups excluding carboxylic acids is 1. The van der Waals surface area contributed by atoms with E-state index < -0.39 is 0 Å². The number of hydrogen-bond acceptors (Lipinski definition) is 2. The van der Waals surface area contributed by atoms with Crippen LogP contribution < -0.4 is 4.74 Å². The first-order valence-electron chi connectivity index (χ1n) is 9.28. The first kappa shape index (κ1) is 17.6. The summed E-state index contributed by atoms with van der Waals surface area (Å²) in [5.41, 5.74) is 2.62. The van der Waals surface area contributed by atoms with Crippen molar-refractivity contribution < 1.29 is 13.9 Å². The smallest absolute Gasteiger partial charge is 0.271 e. The molecule has 2 heterocycles. The number of ether oxygens (including phenoxy) is 1. The van der Waals surface area contributed by atoms with E-state index in [2.05, 4.69) is 0 Å². The molecule has 3 aromatic rings. The highest BCUT2D eigenvalue weighted by molar-refractivity contribution is 5.99. The summed E-state index contributed by atoms with van der Waals surface area (Å²) in [4.78, 5) is 15.3. The number of hydrogen-bond donors (Lipinski definition) is 0. The van der Waals surface area contributed by atoms with E-state index in [-0.39, 0.29) is 17.8 Å². The molecule has 0 aliphatic carbocycles. The van der Waals surface area contributed by atoms with Crippen molar-refractivity contribution in [1.82, 2.24) is 9.47 Å². The molecule has 140 valence electrons. The van der Waals surface area contributed by atoms with E-state index in [1.165, 1.54) is 12.1 Å². The van der Waals surface area contributed by atoms with Crippen LogP contribution in [-0.4, -0.2) is 29.0 Å². The van der Waals surface area contributed by atoms with Gasteiger partial charge in [0, 0.05) is 25.0 Å². The summed E-state index contributed by atoms with van der Waals surface area (Å²) < 4.78 is 20.5. The predicted molar refractivity (Wildman–Crippen MR) is 103 cm³/mol. The van der Waals surface area contributed by atoms with Crippen LogP contribution in [0, 0.1) is 5.82 Å². The Hall–Kier alpha value is -2.82. The van der Waals surface area contributed by atoms with Gasteiger partial charge in [-0.15, -0.1) is 0 Å².